The molecule has 2 aliphatic heterocycles. The molecule has 35 heavy (non-hydrogen) atoms. The summed E-state index contributed by atoms with van der Waals surface area (Å²) < 4.78 is 46.2. The molecule has 2 unspecified atom stereocenters. The van der Waals surface area contributed by atoms with E-state index in [2.05, 4.69) is 4.98 Å². The van der Waals surface area contributed by atoms with Crippen molar-refractivity contribution in [3.63, 3.8) is 0 Å². The predicted octanol–water partition coefficient (Wildman–Crippen LogP) is 4.67. The Morgan fingerprint density at radius 1 is 1.23 bits per heavy atom. The summed E-state index contributed by atoms with van der Waals surface area (Å²) in [6, 6.07) is 13.0. The molecule has 9 heteroatoms. The number of amides is 1. The number of hydrogen-bond donors (Lipinski definition) is 1. The molecule has 2 aliphatic rings. The number of halogens is 3. The first kappa shape index (κ1) is 23.2. The molecule has 6 nitrogen and oxygen atoms in total. The number of H-pyrrole nitrogens is 1. The summed E-state index contributed by atoms with van der Waals surface area (Å²) in [5.41, 5.74) is 0.435. The lowest BCUT2D eigenvalue weighted by Gasteiger charge is -2.43. The Hall–Kier alpha value is -3.51. The third-order valence-electron chi connectivity index (χ3n) is 7.45. The molecule has 2 fully saturated rings. The van der Waals surface area contributed by atoms with Crippen LogP contribution in [0.2, 0.25) is 0 Å². The Morgan fingerprint density at radius 2 is 2.06 bits per heavy atom. The number of ether oxygens (including phenoxy) is 1. The standard InChI is InChI=1S/C26H25F3N4O2/c1-35-16-25-7-9-32(24(34)18-3-5-23-17(10-18)6-8-31-23)13-20(25)14-33(15-25)21-4-2-19(12-30)22(11-21)26(27,28)29/h2-6,8,10-11,20,31H,7,9,13-16H2,1H3. The van der Waals surface area contributed by atoms with Gasteiger partial charge >= 0.3 is 6.18 Å². The van der Waals surface area contributed by atoms with E-state index in [9.17, 15) is 18.0 Å². The number of nitrogens with zero attached hydrogens (tertiary/aromatic N) is 3. The van der Waals surface area contributed by atoms with Crippen molar-refractivity contribution in [2.24, 2.45) is 11.3 Å². The van der Waals surface area contributed by atoms with E-state index < -0.39 is 11.7 Å². The van der Waals surface area contributed by atoms with Gasteiger partial charge in [0.05, 0.1) is 23.8 Å². The summed E-state index contributed by atoms with van der Waals surface area (Å²) in [7, 11) is 1.63. The van der Waals surface area contributed by atoms with Crippen molar-refractivity contribution < 1.29 is 22.7 Å². The van der Waals surface area contributed by atoms with Crippen molar-refractivity contribution in [1.82, 2.24) is 9.88 Å². The zero-order valence-corrected chi connectivity index (χ0v) is 19.2. The summed E-state index contributed by atoms with van der Waals surface area (Å²) in [6.07, 6.45) is -2.08. The molecular weight excluding hydrogens is 457 g/mol. The van der Waals surface area contributed by atoms with Gasteiger partial charge in [0.2, 0.25) is 0 Å². The van der Waals surface area contributed by atoms with Gasteiger partial charge in [0.1, 0.15) is 0 Å². The number of aromatic amines is 1. The predicted molar refractivity (Wildman–Crippen MR) is 125 cm³/mol. The highest BCUT2D eigenvalue weighted by Crippen LogP contribution is 2.45. The molecule has 2 atom stereocenters. The molecule has 5 rings (SSSR count). The lowest BCUT2D eigenvalue weighted by molar-refractivity contribution is -0.137. The van der Waals surface area contributed by atoms with Crippen LogP contribution in [0.4, 0.5) is 18.9 Å². The first-order valence-electron chi connectivity index (χ1n) is 11.5. The third-order valence-corrected chi connectivity index (χ3v) is 7.45. The number of likely N-dealkylation sites (tertiary alicyclic amines) is 1. The zero-order chi connectivity index (χ0) is 24.8. The van der Waals surface area contributed by atoms with Gasteiger partial charge in [-0.15, -0.1) is 0 Å². The van der Waals surface area contributed by atoms with Gasteiger partial charge < -0.3 is 19.5 Å². The average molecular weight is 483 g/mol. The summed E-state index contributed by atoms with van der Waals surface area (Å²) in [5.74, 6) is -0.00332. The largest absolute Gasteiger partial charge is 0.417 e. The quantitative estimate of drug-likeness (QED) is 0.587. The number of alkyl halides is 3. The van der Waals surface area contributed by atoms with Crippen LogP contribution in [0.1, 0.15) is 27.9 Å². The molecule has 0 spiro atoms. The number of aromatic nitrogens is 1. The number of carbonyl (C=O) groups is 1. The van der Waals surface area contributed by atoms with Crippen molar-refractivity contribution >= 4 is 22.5 Å². The van der Waals surface area contributed by atoms with Crippen LogP contribution in [0.15, 0.2) is 48.7 Å². The Labute approximate surface area is 200 Å². The molecular formula is C26H25F3N4O2. The summed E-state index contributed by atoms with van der Waals surface area (Å²) in [5, 5.41) is 10.1. The van der Waals surface area contributed by atoms with Crippen LogP contribution in [-0.4, -0.2) is 55.7 Å². The molecule has 0 saturated carbocycles. The van der Waals surface area contributed by atoms with E-state index in [1.807, 2.05) is 40.3 Å². The SMILES string of the molecule is COCC12CCN(C(=O)c3ccc4[nH]ccc4c3)CC1CN(c1ccc(C#N)c(C(F)(F)F)c1)C2. The number of rotatable bonds is 4. The lowest BCUT2D eigenvalue weighted by atomic mass is 9.73. The highest BCUT2D eigenvalue weighted by atomic mass is 19.4. The Balaban J connectivity index is 1.40. The van der Waals surface area contributed by atoms with E-state index in [-0.39, 0.29) is 22.8 Å². The number of carbonyl (C=O) groups excluding carboxylic acids is 1. The van der Waals surface area contributed by atoms with Crippen molar-refractivity contribution in [3.8, 4) is 6.07 Å². The van der Waals surface area contributed by atoms with E-state index in [4.69, 9.17) is 10.00 Å². The van der Waals surface area contributed by atoms with E-state index in [0.717, 1.165) is 17.0 Å². The minimum absolute atomic E-state index is 0.0427. The minimum Gasteiger partial charge on any atom is -0.384 e. The highest BCUT2D eigenvalue weighted by molar-refractivity contribution is 5.98. The van der Waals surface area contributed by atoms with Gasteiger partial charge in [0, 0.05) is 73.0 Å². The topological polar surface area (TPSA) is 72.4 Å². The maximum atomic E-state index is 13.5. The van der Waals surface area contributed by atoms with Crippen LogP contribution in [0.25, 0.3) is 10.9 Å². The molecule has 0 aliphatic carbocycles. The molecule has 1 amide bonds. The zero-order valence-electron chi connectivity index (χ0n) is 19.2. The summed E-state index contributed by atoms with van der Waals surface area (Å²) in [4.78, 5) is 20.2. The Kier molecular flexibility index (Phi) is 5.72. The van der Waals surface area contributed by atoms with Crippen LogP contribution in [-0.2, 0) is 10.9 Å². The van der Waals surface area contributed by atoms with Crippen LogP contribution >= 0.6 is 0 Å². The molecule has 0 radical (unpaired) electrons. The van der Waals surface area contributed by atoms with Crippen LogP contribution in [0.5, 0.6) is 0 Å². The third kappa shape index (κ3) is 4.12. The number of methoxy groups -OCH3 is 1. The number of piperidine rings is 1. The van der Waals surface area contributed by atoms with Crippen molar-refractivity contribution in [1.29, 1.82) is 5.26 Å². The van der Waals surface area contributed by atoms with Crippen LogP contribution < -0.4 is 4.90 Å². The molecule has 2 aromatic carbocycles. The maximum Gasteiger partial charge on any atom is 0.417 e. The fourth-order valence-corrected chi connectivity index (χ4v) is 5.62. The summed E-state index contributed by atoms with van der Waals surface area (Å²) >= 11 is 0. The summed E-state index contributed by atoms with van der Waals surface area (Å²) in [6.45, 7) is 2.57. The maximum absolute atomic E-state index is 13.5. The van der Waals surface area contributed by atoms with Crippen molar-refractivity contribution in [2.75, 3.05) is 44.8 Å². The van der Waals surface area contributed by atoms with Gasteiger partial charge in [-0.05, 0) is 48.9 Å². The van der Waals surface area contributed by atoms with Gasteiger partial charge in [0.25, 0.3) is 5.91 Å². The first-order chi connectivity index (χ1) is 16.7. The number of fused-ring (bicyclic) bond motifs is 2. The molecule has 1 N–H and O–H groups in total. The number of anilines is 1. The molecule has 3 heterocycles. The second-order valence-corrected chi connectivity index (χ2v) is 9.49. The van der Waals surface area contributed by atoms with E-state index in [1.54, 1.807) is 19.2 Å². The number of nitrogens with one attached hydrogen (secondary N) is 1. The monoisotopic (exact) mass is 482 g/mol. The first-order valence-corrected chi connectivity index (χ1v) is 11.5. The van der Waals surface area contributed by atoms with Crippen molar-refractivity contribution in [3.05, 3.63) is 65.4 Å². The molecule has 0 bridgehead atoms. The lowest BCUT2D eigenvalue weighted by Crippen LogP contribution is -2.50. The van der Waals surface area contributed by atoms with Crippen LogP contribution in [0, 0.1) is 22.7 Å². The second kappa shape index (κ2) is 8.61. The smallest absolute Gasteiger partial charge is 0.384 e. The van der Waals surface area contributed by atoms with Gasteiger partial charge in [-0.2, -0.15) is 18.4 Å². The van der Waals surface area contributed by atoms with E-state index >= 15 is 0 Å². The fraction of sp³-hybridized carbons (Fsp3) is 0.385. The highest BCUT2D eigenvalue weighted by Gasteiger charge is 2.50. The van der Waals surface area contributed by atoms with Crippen LogP contribution in [0.3, 0.4) is 0 Å². The number of nitriles is 1. The molecule has 2 saturated heterocycles. The molecule has 3 aromatic rings. The normalized spacial score (nSPS) is 22.3. The van der Waals surface area contributed by atoms with E-state index in [0.29, 0.717) is 50.5 Å². The Morgan fingerprint density at radius 3 is 2.80 bits per heavy atom. The van der Waals surface area contributed by atoms with Gasteiger partial charge in [-0.25, -0.2) is 0 Å². The molecule has 1 aromatic heterocycles. The number of benzene rings is 2. The van der Waals surface area contributed by atoms with Gasteiger partial charge in [-0.1, -0.05) is 0 Å². The minimum atomic E-state index is -4.61. The average Bonchev–Trinajstić information content (AvgIpc) is 3.46. The number of hydrogen-bond acceptors (Lipinski definition) is 4. The van der Waals surface area contributed by atoms with Crippen molar-refractivity contribution in [2.45, 2.75) is 12.6 Å². The molecule has 182 valence electrons. The van der Waals surface area contributed by atoms with Gasteiger partial charge in [-0.3, -0.25) is 4.79 Å². The Bertz CT molecular complexity index is 1310. The second-order valence-electron chi connectivity index (χ2n) is 9.49. The van der Waals surface area contributed by atoms with E-state index in [1.165, 1.54) is 6.07 Å². The van der Waals surface area contributed by atoms with Gasteiger partial charge in [0.15, 0.2) is 0 Å². The fourth-order valence-electron chi connectivity index (χ4n) is 5.62.